The molecule has 1 rings (SSSR count). The maximum Gasteiger partial charge on any atom is 0.270 e. The van der Waals surface area contributed by atoms with E-state index in [-0.39, 0.29) is 17.6 Å². The highest BCUT2D eigenvalue weighted by molar-refractivity contribution is 5.81. The van der Waals surface area contributed by atoms with Crippen molar-refractivity contribution in [3.8, 4) is 5.75 Å². The van der Waals surface area contributed by atoms with Crippen LogP contribution in [0.2, 0.25) is 0 Å². The number of hydrogen-bond donors (Lipinski definition) is 1. The number of amides is 1. The van der Waals surface area contributed by atoms with Crippen LogP contribution < -0.4 is 10.1 Å². The molecule has 7 nitrogen and oxygen atoms in total. The monoisotopic (exact) mass is 295 g/mol. The SMILES string of the molecule is CCN(C)C(=O)C(C)NCc1cc([N+](=O)[O-])ccc1OC. The minimum atomic E-state index is -0.456. The van der Waals surface area contributed by atoms with Gasteiger partial charge in [0, 0.05) is 37.8 Å². The Morgan fingerprint density at radius 1 is 1.52 bits per heavy atom. The first kappa shape index (κ1) is 16.9. The molecule has 1 atom stereocenters. The van der Waals surface area contributed by atoms with Crippen LogP contribution in [0, 0.1) is 10.1 Å². The maximum absolute atomic E-state index is 11.9. The first-order valence-electron chi connectivity index (χ1n) is 6.70. The van der Waals surface area contributed by atoms with E-state index in [4.69, 9.17) is 4.74 Å². The fourth-order valence-corrected chi connectivity index (χ4v) is 1.85. The molecule has 0 fully saturated rings. The molecule has 0 heterocycles. The smallest absolute Gasteiger partial charge is 0.270 e. The topological polar surface area (TPSA) is 84.7 Å². The van der Waals surface area contributed by atoms with Gasteiger partial charge in [-0.2, -0.15) is 0 Å². The van der Waals surface area contributed by atoms with Gasteiger partial charge in [-0.05, 0) is 19.9 Å². The highest BCUT2D eigenvalue weighted by Crippen LogP contribution is 2.23. The van der Waals surface area contributed by atoms with Gasteiger partial charge in [0.1, 0.15) is 5.75 Å². The summed E-state index contributed by atoms with van der Waals surface area (Å²) in [6, 6.07) is 4.02. The van der Waals surface area contributed by atoms with Gasteiger partial charge >= 0.3 is 0 Å². The zero-order chi connectivity index (χ0) is 16.0. The number of nitrogens with one attached hydrogen (secondary N) is 1. The van der Waals surface area contributed by atoms with E-state index in [0.29, 0.717) is 24.4 Å². The Balaban J connectivity index is 2.80. The zero-order valence-corrected chi connectivity index (χ0v) is 12.8. The van der Waals surface area contributed by atoms with Gasteiger partial charge in [0.25, 0.3) is 5.69 Å². The second-order valence-corrected chi connectivity index (χ2v) is 4.71. The summed E-state index contributed by atoms with van der Waals surface area (Å²) in [5.74, 6) is 0.526. The molecule has 116 valence electrons. The van der Waals surface area contributed by atoms with E-state index in [1.807, 2.05) is 6.92 Å². The molecule has 7 heteroatoms. The Hall–Kier alpha value is -2.15. The molecule has 0 aliphatic rings. The summed E-state index contributed by atoms with van der Waals surface area (Å²) in [7, 11) is 3.23. The molecule has 1 aromatic rings. The van der Waals surface area contributed by atoms with Gasteiger partial charge in [-0.1, -0.05) is 0 Å². The van der Waals surface area contributed by atoms with Crippen LogP contribution in [0.4, 0.5) is 5.69 Å². The van der Waals surface area contributed by atoms with Crippen LogP contribution in [-0.2, 0) is 11.3 Å². The number of non-ortho nitro benzene ring substituents is 1. The average molecular weight is 295 g/mol. The summed E-state index contributed by atoms with van der Waals surface area (Å²) >= 11 is 0. The Morgan fingerprint density at radius 3 is 2.71 bits per heavy atom. The molecule has 0 radical (unpaired) electrons. The normalized spacial score (nSPS) is 11.8. The summed E-state index contributed by atoms with van der Waals surface area (Å²) in [5, 5.41) is 13.9. The van der Waals surface area contributed by atoms with Crippen LogP contribution in [0.5, 0.6) is 5.75 Å². The van der Waals surface area contributed by atoms with Crippen LogP contribution >= 0.6 is 0 Å². The third kappa shape index (κ3) is 4.42. The van der Waals surface area contributed by atoms with E-state index < -0.39 is 4.92 Å². The Morgan fingerprint density at radius 2 is 2.19 bits per heavy atom. The van der Waals surface area contributed by atoms with Gasteiger partial charge in [0.2, 0.25) is 5.91 Å². The third-order valence-corrected chi connectivity index (χ3v) is 3.29. The van der Waals surface area contributed by atoms with Gasteiger partial charge in [-0.25, -0.2) is 0 Å². The lowest BCUT2D eigenvalue weighted by Gasteiger charge is -2.21. The average Bonchev–Trinajstić information content (AvgIpc) is 2.50. The molecule has 0 aliphatic heterocycles. The molecule has 0 saturated carbocycles. The van der Waals surface area contributed by atoms with Gasteiger partial charge in [-0.3, -0.25) is 14.9 Å². The second kappa shape index (κ2) is 7.58. The molecule has 1 N–H and O–H groups in total. The summed E-state index contributed by atoms with van der Waals surface area (Å²) in [4.78, 5) is 23.9. The number of nitrogens with zero attached hydrogens (tertiary/aromatic N) is 2. The number of nitro benzene ring substituents is 1. The van der Waals surface area contributed by atoms with Gasteiger partial charge in [0.15, 0.2) is 0 Å². The molecular weight excluding hydrogens is 274 g/mol. The molecule has 1 aromatic carbocycles. The van der Waals surface area contributed by atoms with E-state index in [1.165, 1.54) is 19.2 Å². The minimum Gasteiger partial charge on any atom is -0.496 e. The van der Waals surface area contributed by atoms with Crippen LogP contribution in [0.3, 0.4) is 0 Å². The van der Waals surface area contributed by atoms with Crippen LogP contribution in [-0.4, -0.2) is 42.5 Å². The third-order valence-electron chi connectivity index (χ3n) is 3.29. The van der Waals surface area contributed by atoms with Crippen molar-refractivity contribution in [3.63, 3.8) is 0 Å². The highest BCUT2D eigenvalue weighted by Gasteiger charge is 2.17. The first-order valence-corrected chi connectivity index (χ1v) is 6.70. The predicted molar refractivity (Wildman–Crippen MR) is 79.3 cm³/mol. The molecule has 0 aliphatic carbocycles. The number of nitro groups is 1. The fourth-order valence-electron chi connectivity index (χ4n) is 1.85. The number of carbonyl (C=O) groups is 1. The first-order chi connectivity index (χ1) is 9.90. The summed E-state index contributed by atoms with van der Waals surface area (Å²) in [6.45, 7) is 4.60. The van der Waals surface area contributed by atoms with Crippen molar-refractivity contribution in [2.75, 3.05) is 20.7 Å². The van der Waals surface area contributed by atoms with Gasteiger partial charge in [-0.15, -0.1) is 0 Å². The Kier molecular flexibility index (Phi) is 6.10. The standard InChI is InChI=1S/C14H21N3O4/c1-5-16(3)14(18)10(2)15-9-11-8-12(17(19)20)6-7-13(11)21-4/h6-8,10,15H,5,9H2,1-4H3. The largest absolute Gasteiger partial charge is 0.496 e. The van der Waals surface area contributed by atoms with Crippen LogP contribution in [0.15, 0.2) is 18.2 Å². The lowest BCUT2D eigenvalue weighted by Crippen LogP contribution is -2.42. The number of carbonyl (C=O) groups excluding carboxylic acids is 1. The maximum atomic E-state index is 11.9. The number of hydrogen-bond acceptors (Lipinski definition) is 5. The molecule has 0 aromatic heterocycles. The van der Waals surface area contributed by atoms with E-state index in [1.54, 1.807) is 24.9 Å². The number of likely N-dealkylation sites (N-methyl/N-ethyl adjacent to an activating group) is 1. The van der Waals surface area contributed by atoms with E-state index in [2.05, 4.69) is 5.32 Å². The van der Waals surface area contributed by atoms with Crippen LogP contribution in [0.1, 0.15) is 19.4 Å². The highest BCUT2D eigenvalue weighted by atomic mass is 16.6. The summed E-state index contributed by atoms with van der Waals surface area (Å²) < 4.78 is 5.18. The lowest BCUT2D eigenvalue weighted by atomic mass is 10.1. The van der Waals surface area contributed by atoms with E-state index in [0.717, 1.165) is 0 Å². The number of benzene rings is 1. The molecular formula is C14H21N3O4. The van der Waals surface area contributed by atoms with E-state index >= 15 is 0 Å². The number of methoxy groups -OCH3 is 1. The summed E-state index contributed by atoms with van der Waals surface area (Å²) in [5.41, 5.74) is 0.641. The van der Waals surface area contributed by atoms with Crippen molar-refractivity contribution in [2.45, 2.75) is 26.4 Å². The quantitative estimate of drug-likeness (QED) is 0.609. The van der Waals surface area contributed by atoms with Crippen molar-refractivity contribution >= 4 is 11.6 Å². The molecule has 0 bridgehead atoms. The number of rotatable bonds is 7. The predicted octanol–water partition coefficient (Wildman–Crippen LogP) is 1.56. The van der Waals surface area contributed by atoms with Crippen molar-refractivity contribution in [3.05, 3.63) is 33.9 Å². The molecule has 1 amide bonds. The van der Waals surface area contributed by atoms with Crippen molar-refractivity contribution < 1.29 is 14.5 Å². The second-order valence-electron chi connectivity index (χ2n) is 4.71. The van der Waals surface area contributed by atoms with Gasteiger partial charge in [0.05, 0.1) is 18.1 Å². The lowest BCUT2D eigenvalue weighted by molar-refractivity contribution is -0.384. The molecule has 0 spiro atoms. The van der Waals surface area contributed by atoms with E-state index in [9.17, 15) is 14.9 Å². The molecule has 0 saturated heterocycles. The molecule has 21 heavy (non-hydrogen) atoms. The van der Waals surface area contributed by atoms with Crippen LogP contribution in [0.25, 0.3) is 0 Å². The van der Waals surface area contributed by atoms with Crippen molar-refractivity contribution in [1.82, 2.24) is 10.2 Å². The minimum absolute atomic E-state index is 0.00254. The Labute approximate surface area is 124 Å². The number of ether oxygens (including phenoxy) is 1. The Bertz CT molecular complexity index is 519. The fraction of sp³-hybridized carbons (Fsp3) is 0.500. The summed E-state index contributed by atoms with van der Waals surface area (Å²) in [6.07, 6.45) is 0. The van der Waals surface area contributed by atoms with Crippen molar-refractivity contribution in [1.29, 1.82) is 0 Å². The molecule has 1 unspecified atom stereocenters. The van der Waals surface area contributed by atoms with Gasteiger partial charge < -0.3 is 15.0 Å². The van der Waals surface area contributed by atoms with Crippen molar-refractivity contribution in [2.24, 2.45) is 0 Å². The zero-order valence-electron chi connectivity index (χ0n) is 12.8.